The highest BCUT2D eigenvalue weighted by Crippen LogP contribution is 2.34. The predicted molar refractivity (Wildman–Crippen MR) is 125 cm³/mol. The van der Waals surface area contributed by atoms with Crippen LogP contribution in [0, 0.1) is 0 Å². The summed E-state index contributed by atoms with van der Waals surface area (Å²) in [4.78, 5) is 50.0. The van der Waals surface area contributed by atoms with Gasteiger partial charge in [-0.2, -0.15) is 0 Å². The molecule has 0 spiro atoms. The molecule has 0 bridgehead atoms. The highest BCUT2D eigenvalue weighted by molar-refractivity contribution is 6.30. The van der Waals surface area contributed by atoms with E-state index in [0.717, 1.165) is 0 Å². The molecule has 11 heteroatoms. The molecule has 0 fully saturated rings. The summed E-state index contributed by atoms with van der Waals surface area (Å²) < 4.78 is 16.2. The third-order valence-corrected chi connectivity index (χ3v) is 5.61. The van der Waals surface area contributed by atoms with Gasteiger partial charge in [0.25, 0.3) is 5.91 Å². The molecular formula is C24H22ClN3O7. The molecule has 2 unspecified atom stereocenters. The number of urea groups is 1. The Balaban J connectivity index is 1.63. The van der Waals surface area contributed by atoms with Gasteiger partial charge in [-0.3, -0.25) is 4.79 Å². The highest BCUT2D eigenvalue weighted by Gasteiger charge is 2.35. The number of rotatable bonds is 6. The van der Waals surface area contributed by atoms with Crippen molar-refractivity contribution in [3.63, 3.8) is 0 Å². The molecule has 0 saturated carbocycles. The molecule has 0 aromatic heterocycles. The van der Waals surface area contributed by atoms with Crippen molar-refractivity contribution in [1.29, 1.82) is 0 Å². The second-order valence-corrected chi connectivity index (χ2v) is 8.14. The van der Waals surface area contributed by atoms with Gasteiger partial charge in [0.2, 0.25) is 0 Å². The number of nitrogens with one attached hydrogen (secondary N) is 3. The van der Waals surface area contributed by atoms with Crippen LogP contribution in [-0.2, 0) is 19.1 Å². The lowest BCUT2D eigenvalue weighted by atomic mass is 9.95. The number of benzene rings is 2. The molecule has 0 aliphatic carbocycles. The van der Waals surface area contributed by atoms with E-state index in [4.69, 9.17) is 25.8 Å². The van der Waals surface area contributed by atoms with Crippen LogP contribution in [0.3, 0.4) is 0 Å². The van der Waals surface area contributed by atoms with Gasteiger partial charge in [-0.25, -0.2) is 14.4 Å². The van der Waals surface area contributed by atoms with Gasteiger partial charge in [-0.1, -0.05) is 29.8 Å². The van der Waals surface area contributed by atoms with Gasteiger partial charge in [-0.05, 0) is 43.7 Å². The summed E-state index contributed by atoms with van der Waals surface area (Å²) >= 11 is 5.97. The monoisotopic (exact) mass is 499 g/mol. The van der Waals surface area contributed by atoms with Crippen LogP contribution in [0.2, 0.25) is 5.02 Å². The third-order valence-electron chi connectivity index (χ3n) is 5.36. The van der Waals surface area contributed by atoms with E-state index in [2.05, 4.69) is 16.0 Å². The number of carbonyl (C=O) groups excluding carboxylic acids is 4. The van der Waals surface area contributed by atoms with Gasteiger partial charge < -0.3 is 30.2 Å². The maximum Gasteiger partial charge on any atom is 0.342 e. The lowest BCUT2D eigenvalue weighted by Crippen LogP contribution is -2.47. The number of hydrogen-bond acceptors (Lipinski definition) is 7. The number of hydrogen-bond donors (Lipinski definition) is 3. The minimum atomic E-state index is -0.849. The SMILES string of the molecule is CCOC(=O)C1=C(COC(=O)c2cccc3c2OC(C)C(=O)N3)NC(=O)NC1c1ccc(Cl)cc1. The molecular weight excluding hydrogens is 478 g/mol. The van der Waals surface area contributed by atoms with Crippen molar-refractivity contribution in [3.05, 3.63) is 69.9 Å². The zero-order chi connectivity index (χ0) is 25.1. The zero-order valence-corrected chi connectivity index (χ0v) is 19.6. The number of amides is 3. The average Bonchev–Trinajstić information content (AvgIpc) is 2.83. The van der Waals surface area contributed by atoms with Gasteiger partial charge in [0, 0.05) is 5.02 Å². The third kappa shape index (κ3) is 5.07. The van der Waals surface area contributed by atoms with Crippen LogP contribution in [0.1, 0.15) is 35.8 Å². The Kier molecular flexibility index (Phi) is 6.92. The van der Waals surface area contributed by atoms with E-state index >= 15 is 0 Å². The maximum atomic E-state index is 12.9. The van der Waals surface area contributed by atoms with Crippen molar-refractivity contribution in [1.82, 2.24) is 10.6 Å². The molecule has 2 aliphatic rings. The van der Waals surface area contributed by atoms with E-state index < -0.39 is 36.7 Å². The number of esters is 2. The fourth-order valence-corrected chi connectivity index (χ4v) is 3.82. The molecule has 0 radical (unpaired) electrons. The number of fused-ring (bicyclic) bond motifs is 1. The van der Waals surface area contributed by atoms with E-state index in [-0.39, 0.29) is 35.1 Å². The van der Waals surface area contributed by atoms with Crippen LogP contribution in [0.5, 0.6) is 5.75 Å². The van der Waals surface area contributed by atoms with Crippen LogP contribution in [0.25, 0.3) is 0 Å². The highest BCUT2D eigenvalue weighted by atomic mass is 35.5. The minimum Gasteiger partial charge on any atom is -0.478 e. The van der Waals surface area contributed by atoms with Crippen LogP contribution in [0.4, 0.5) is 10.5 Å². The van der Waals surface area contributed by atoms with Crippen LogP contribution >= 0.6 is 11.6 Å². The lowest BCUT2D eigenvalue weighted by molar-refractivity contribution is -0.139. The Morgan fingerprint density at radius 3 is 2.49 bits per heavy atom. The molecule has 3 amide bonds. The van der Waals surface area contributed by atoms with Crippen LogP contribution in [0.15, 0.2) is 53.7 Å². The standard InChI is InChI=1S/C24H22ClN3O7/c1-3-33-23(31)18-17(27-24(32)28-19(18)13-7-9-14(25)10-8-13)11-34-22(30)15-5-4-6-16-20(15)35-12(2)21(29)26-16/h4-10,12,19H,3,11H2,1-2H3,(H,26,29)(H2,27,28,32). The summed E-state index contributed by atoms with van der Waals surface area (Å²) in [6.07, 6.45) is -0.793. The van der Waals surface area contributed by atoms with Crippen molar-refractivity contribution < 1.29 is 33.4 Å². The van der Waals surface area contributed by atoms with Crippen molar-refractivity contribution in [2.45, 2.75) is 26.0 Å². The first-order valence-corrected chi connectivity index (χ1v) is 11.2. The summed E-state index contributed by atoms with van der Waals surface area (Å²) in [5.74, 6) is -1.60. The normalized spacial score (nSPS) is 18.9. The topological polar surface area (TPSA) is 132 Å². The molecule has 0 saturated heterocycles. The Morgan fingerprint density at radius 2 is 1.77 bits per heavy atom. The van der Waals surface area contributed by atoms with Gasteiger partial charge >= 0.3 is 18.0 Å². The first-order chi connectivity index (χ1) is 16.8. The van der Waals surface area contributed by atoms with Crippen molar-refractivity contribution >= 4 is 41.2 Å². The largest absolute Gasteiger partial charge is 0.478 e. The lowest BCUT2D eigenvalue weighted by Gasteiger charge is -2.29. The quantitative estimate of drug-likeness (QED) is 0.520. The molecule has 10 nitrogen and oxygen atoms in total. The Hall–Kier alpha value is -4.05. The number of para-hydroxylation sites is 1. The van der Waals surface area contributed by atoms with Gasteiger partial charge in [0.1, 0.15) is 12.2 Å². The van der Waals surface area contributed by atoms with E-state index in [0.29, 0.717) is 16.3 Å². The molecule has 2 aromatic rings. The molecule has 2 aliphatic heterocycles. The first kappa shape index (κ1) is 24.1. The Morgan fingerprint density at radius 1 is 1.03 bits per heavy atom. The van der Waals surface area contributed by atoms with Crippen molar-refractivity contribution in [2.24, 2.45) is 0 Å². The van der Waals surface area contributed by atoms with Gasteiger partial charge in [0.15, 0.2) is 11.9 Å². The minimum absolute atomic E-state index is 0.0767. The zero-order valence-electron chi connectivity index (χ0n) is 18.8. The molecule has 2 atom stereocenters. The van der Waals surface area contributed by atoms with Gasteiger partial charge in [0.05, 0.1) is 29.6 Å². The van der Waals surface area contributed by atoms with Crippen LogP contribution in [-0.4, -0.2) is 43.2 Å². The predicted octanol–water partition coefficient (Wildman–Crippen LogP) is 3.09. The number of ether oxygens (including phenoxy) is 3. The molecule has 35 heavy (non-hydrogen) atoms. The van der Waals surface area contributed by atoms with Crippen LogP contribution < -0.4 is 20.7 Å². The summed E-state index contributed by atoms with van der Waals surface area (Å²) in [7, 11) is 0. The summed E-state index contributed by atoms with van der Waals surface area (Å²) in [6.45, 7) is 2.89. The second kappa shape index (κ2) is 10.1. The van der Waals surface area contributed by atoms with Crippen molar-refractivity contribution in [2.75, 3.05) is 18.5 Å². The van der Waals surface area contributed by atoms with Crippen molar-refractivity contribution in [3.8, 4) is 5.75 Å². The molecule has 4 rings (SSSR count). The summed E-state index contributed by atoms with van der Waals surface area (Å²) in [5, 5.41) is 8.38. The van der Waals surface area contributed by atoms with E-state index in [1.807, 2.05) is 0 Å². The Bertz CT molecular complexity index is 1230. The smallest absolute Gasteiger partial charge is 0.342 e. The summed E-state index contributed by atoms with van der Waals surface area (Å²) in [5.41, 5.74) is 1.18. The second-order valence-electron chi connectivity index (χ2n) is 7.70. The van der Waals surface area contributed by atoms with E-state index in [9.17, 15) is 19.2 Å². The van der Waals surface area contributed by atoms with E-state index in [1.54, 1.807) is 50.2 Å². The fraction of sp³-hybridized carbons (Fsp3) is 0.250. The molecule has 2 heterocycles. The maximum absolute atomic E-state index is 12.9. The van der Waals surface area contributed by atoms with E-state index in [1.165, 1.54) is 6.07 Å². The molecule has 3 N–H and O–H groups in total. The number of anilines is 1. The number of carbonyl (C=O) groups is 4. The summed E-state index contributed by atoms with van der Waals surface area (Å²) in [6, 6.07) is 9.83. The fourth-order valence-electron chi connectivity index (χ4n) is 3.69. The molecule has 2 aromatic carbocycles. The molecule has 182 valence electrons. The number of halogens is 1. The van der Waals surface area contributed by atoms with Gasteiger partial charge in [-0.15, -0.1) is 0 Å². The average molecular weight is 500 g/mol. The first-order valence-electron chi connectivity index (χ1n) is 10.8. The Labute approximate surface area is 205 Å².